The van der Waals surface area contributed by atoms with Gasteiger partial charge in [0, 0.05) is 62.8 Å². The van der Waals surface area contributed by atoms with Gasteiger partial charge in [0.2, 0.25) is 15.9 Å². The molecule has 2 heterocycles. The average Bonchev–Trinajstić information content (AvgIpc) is 2.76. The third kappa shape index (κ3) is 7.48. The van der Waals surface area contributed by atoms with Crippen LogP contribution in [0.4, 0.5) is 5.69 Å². The molecular weight excluding hydrogens is 412 g/mol. The number of likely N-dealkylation sites (N-methyl/N-ethyl adjacent to an activating group) is 1. The molecule has 31 heavy (non-hydrogen) atoms. The monoisotopic (exact) mass is 442 g/mol. The van der Waals surface area contributed by atoms with Gasteiger partial charge in [-0.3, -0.25) is 14.5 Å². The minimum atomic E-state index is -3.30. The summed E-state index contributed by atoms with van der Waals surface area (Å²) in [6.45, 7) is 2.95. The van der Waals surface area contributed by atoms with Crippen LogP contribution in [0.15, 0.2) is 54.7 Å². The number of pyridine rings is 1. The summed E-state index contributed by atoms with van der Waals surface area (Å²) in [5.41, 5.74) is 2.45. The van der Waals surface area contributed by atoms with Crippen LogP contribution in [-0.4, -0.2) is 68.1 Å². The number of hydrogen-bond acceptors (Lipinski definition) is 5. The zero-order valence-corrected chi connectivity index (χ0v) is 18.9. The third-order valence-corrected chi connectivity index (χ3v) is 6.10. The highest BCUT2D eigenvalue weighted by molar-refractivity contribution is 7.92. The van der Waals surface area contributed by atoms with Crippen LogP contribution in [0.5, 0.6) is 0 Å². The first kappa shape index (κ1) is 23.0. The molecule has 1 fully saturated rings. The van der Waals surface area contributed by atoms with Crippen LogP contribution in [0.2, 0.25) is 0 Å². The number of benzene rings is 1. The molecule has 166 valence electrons. The molecule has 0 aliphatic carbocycles. The smallest absolute Gasteiger partial charge is 0.246 e. The molecule has 1 saturated heterocycles. The molecule has 0 atom stereocenters. The van der Waals surface area contributed by atoms with E-state index in [0.717, 1.165) is 56.4 Å². The molecule has 0 spiro atoms. The van der Waals surface area contributed by atoms with Gasteiger partial charge in [-0.05, 0) is 48.7 Å². The SMILES string of the molecule is CN(C(=O)/C=C/c1ccc(NS(C)(=O)=O)cc1)C1CCN(CCc2ccccn2)CC1. The number of piperidine rings is 1. The lowest BCUT2D eigenvalue weighted by Gasteiger charge is -2.36. The van der Waals surface area contributed by atoms with E-state index < -0.39 is 10.0 Å². The van der Waals surface area contributed by atoms with E-state index in [9.17, 15) is 13.2 Å². The van der Waals surface area contributed by atoms with Crippen molar-refractivity contribution in [2.24, 2.45) is 0 Å². The van der Waals surface area contributed by atoms with Crippen molar-refractivity contribution in [3.05, 3.63) is 66.0 Å². The van der Waals surface area contributed by atoms with Crippen molar-refractivity contribution in [3.63, 3.8) is 0 Å². The first-order valence-corrected chi connectivity index (χ1v) is 12.3. The number of rotatable bonds is 8. The molecular formula is C23H30N4O3S. The van der Waals surface area contributed by atoms with Gasteiger partial charge in [0.25, 0.3) is 0 Å². The van der Waals surface area contributed by atoms with Crippen molar-refractivity contribution in [1.29, 1.82) is 0 Å². The van der Waals surface area contributed by atoms with Crippen LogP contribution in [0.1, 0.15) is 24.1 Å². The fourth-order valence-electron chi connectivity index (χ4n) is 3.69. The van der Waals surface area contributed by atoms with Gasteiger partial charge < -0.3 is 9.80 Å². The Labute approximate surface area is 184 Å². The molecule has 3 rings (SSSR count). The molecule has 1 aliphatic heterocycles. The van der Waals surface area contributed by atoms with E-state index in [-0.39, 0.29) is 11.9 Å². The first-order valence-electron chi connectivity index (χ1n) is 10.5. The lowest BCUT2D eigenvalue weighted by molar-refractivity contribution is -0.127. The van der Waals surface area contributed by atoms with Crippen LogP contribution in [0.3, 0.4) is 0 Å². The van der Waals surface area contributed by atoms with E-state index in [1.54, 1.807) is 36.4 Å². The second-order valence-corrected chi connectivity index (χ2v) is 9.67. The van der Waals surface area contributed by atoms with Gasteiger partial charge in [-0.2, -0.15) is 0 Å². The largest absolute Gasteiger partial charge is 0.339 e. The number of carbonyl (C=O) groups is 1. The van der Waals surface area contributed by atoms with Crippen molar-refractivity contribution in [3.8, 4) is 0 Å². The zero-order chi connectivity index (χ0) is 22.3. The second kappa shape index (κ2) is 10.5. The highest BCUT2D eigenvalue weighted by Crippen LogP contribution is 2.17. The minimum Gasteiger partial charge on any atom is -0.339 e. The summed E-state index contributed by atoms with van der Waals surface area (Å²) < 4.78 is 25.0. The lowest BCUT2D eigenvalue weighted by atomic mass is 10.0. The van der Waals surface area contributed by atoms with Crippen molar-refractivity contribution in [2.75, 3.05) is 37.7 Å². The maximum atomic E-state index is 12.6. The fourth-order valence-corrected chi connectivity index (χ4v) is 4.25. The van der Waals surface area contributed by atoms with Crippen molar-refractivity contribution < 1.29 is 13.2 Å². The van der Waals surface area contributed by atoms with E-state index >= 15 is 0 Å². The van der Waals surface area contributed by atoms with Crippen molar-refractivity contribution in [1.82, 2.24) is 14.8 Å². The van der Waals surface area contributed by atoms with Crippen molar-refractivity contribution >= 4 is 27.7 Å². The Balaban J connectivity index is 1.45. The first-order chi connectivity index (χ1) is 14.8. The van der Waals surface area contributed by atoms with Gasteiger partial charge >= 0.3 is 0 Å². The Hall–Kier alpha value is -2.71. The highest BCUT2D eigenvalue weighted by Gasteiger charge is 2.24. The predicted molar refractivity (Wildman–Crippen MR) is 124 cm³/mol. The Morgan fingerprint density at radius 1 is 1.19 bits per heavy atom. The van der Waals surface area contributed by atoms with Gasteiger partial charge in [0.1, 0.15) is 0 Å². The number of anilines is 1. The Morgan fingerprint density at radius 2 is 1.90 bits per heavy atom. The quantitative estimate of drug-likeness (QED) is 0.636. The highest BCUT2D eigenvalue weighted by atomic mass is 32.2. The van der Waals surface area contributed by atoms with Crippen molar-refractivity contribution in [2.45, 2.75) is 25.3 Å². The third-order valence-electron chi connectivity index (χ3n) is 5.50. The number of carbonyl (C=O) groups excluding carboxylic acids is 1. The van der Waals surface area contributed by atoms with E-state index in [1.165, 1.54) is 0 Å². The Morgan fingerprint density at radius 3 is 2.52 bits per heavy atom. The maximum absolute atomic E-state index is 12.6. The van der Waals surface area contributed by atoms with Gasteiger partial charge in [-0.1, -0.05) is 18.2 Å². The molecule has 7 nitrogen and oxygen atoms in total. The lowest BCUT2D eigenvalue weighted by Crippen LogP contribution is -2.45. The zero-order valence-electron chi connectivity index (χ0n) is 18.1. The molecule has 0 radical (unpaired) electrons. The number of amides is 1. The maximum Gasteiger partial charge on any atom is 0.246 e. The summed E-state index contributed by atoms with van der Waals surface area (Å²) in [7, 11) is -1.44. The normalized spacial score (nSPS) is 15.8. The predicted octanol–water partition coefficient (Wildman–Crippen LogP) is 2.63. The van der Waals surface area contributed by atoms with Gasteiger partial charge in [0.05, 0.1) is 6.26 Å². The van der Waals surface area contributed by atoms with E-state index in [0.29, 0.717) is 5.69 Å². The molecule has 1 aromatic carbocycles. The van der Waals surface area contributed by atoms with Gasteiger partial charge in [-0.15, -0.1) is 0 Å². The fraction of sp³-hybridized carbons (Fsp3) is 0.391. The van der Waals surface area contributed by atoms with Crippen LogP contribution >= 0.6 is 0 Å². The van der Waals surface area contributed by atoms with E-state index in [1.807, 2.05) is 30.3 Å². The topological polar surface area (TPSA) is 82.6 Å². The number of sulfonamides is 1. The molecule has 0 bridgehead atoms. The molecule has 8 heteroatoms. The van der Waals surface area contributed by atoms with E-state index in [2.05, 4.69) is 20.7 Å². The van der Waals surface area contributed by atoms with Gasteiger partial charge in [-0.25, -0.2) is 8.42 Å². The number of aromatic nitrogens is 1. The average molecular weight is 443 g/mol. The van der Waals surface area contributed by atoms with Crippen LogP contribution in [0.25, 0.3) is 6.08 Å². The summed E-state index contributed by atoms with van der Waals surface area (Å²) >= 11 is 0. The summed E-state index contributed by atoms with van der Waals surface area (Å²) in [6, 6.07) is 13.1. The minimum absolute atomic E-state index is 0.0229. The number of likely N-dealkylation sites (tertiary alicyclic amines) is 1. The summed E-state index contributed by atoms with van der Waals surface area (Å²) in [4.78, 5) is 21.2. The molecule has 0 saturated carbocycles. The number of hydrogen-bond donors (Lipinski definition) is 1. The standard InChI is InChI=1S/C23H30N4O3S/c1-26(22-13-17-27(18-14-22)16-12-20-5-3-4-15-24-20)23(28)11-8-19-6-9-21(10-7-19)25-31(2,29)30/h3-11,15,22,25H,12-14,16-18H2,1-2H3/b11-8+. The van der Waals surface area contributed by atoms with E-state index in [4.69, 9.17) is 0 Å². The molecule has 1 aromatic heterocycles. The Bertz CT molecular complexity index is 983. The number of nitrogens with zero attached hydrogens (tertiary/aromatic N) is 3. The summed E-state index contributed by atoms with van der Waals surface area (Å²) in [6.07, 6.45) is 9.14. The van der Waals surface area contributed by atoms with Crippen LogP contribution < -0.4 is 4.72 Å². The number of nitrogens with one attached hydrogen (secondary N) is 1. The van der Waals surface area contributed by atoms with Gasteiger partial charge in [0.15, 0.2) is 0 Å². The second-order valence-electron chi connectivity index (χ2n) is 7.92. The molecule has 0 unspecified atom stereocenters. The summed E-state index contributed by atoms with van der Waals surface area (Å²) in [5, 5.41) is 0. The van der Waals surface area contributed by atoms with Crippen LogP contribution in [0, 0.1) is 0 Å². The van der Waals surface area contributed by atoms with Crippen LogP contribution in [-0.2, 0) is 21.2 Å². The molecule has 1 amide bonds. The summed E-state index contributed by atoms with van der Waals surface area (Å²) in [5.74, 6) is -0.0229. The molecule has 1 aliphatic rings. The molecule has 2 aromatic rings. The molecule has 1 N–H and O–H groups in total. The Kier molecular flexibility index (Phi) is 7.81.